The summed E-state index contributed by atoms with van der Waals surface area (Å²) in [5.74, 6) is 0.791. The topological polar surface area (TPSA) is 105 Å². The lowest BCUT2D eigenvalue weighted by Gasteiger charge is -2.18. The van der Waals surface area contributed by atoms with Gasteiger partial charge in [0.25, 0.3) is 0 Å². The number of hydrogen-bond acceptors (Lipinski definition) is 6. The molecule has 9 heteroatoms. The Kier molecular flexibility index (Phi) is 6.29. The van der Waals surface area contributed by atoms with Crippen molar-refractivity contribution in [1.82, 2.24) is 19.8 Å². The van der Waals surface area contributed by atoms with Crippen LogP contribution in [0.5, 0.6) is 0 Å². The van der Waals surface area contributed by atoms with Crippen molar-refractivity contribution in [2.45, 2.75) is 76.3 Å². The van der Waals surface area contributed by atoms with Crippen molar-refractivity contribution in [3.8, 4) is 0 Å². The number of rotatable bonds is 6. The fourth-order valence-electron chi connectivity index (χ4n) is 3.84. The molecule has 1 N–H and O–H groups in total. The highest BCUT2D eigenvalue weighted by Crippen LogP contribution is 2.32. The van der Waals surface area contributed by atoms with Gasteiger partial charge in [-0.05, 0) is 25.7 Å². The summed E-state index contributed by atoms with van der Waals surface area (Å²) >= 11 is 0. The molecule has 1 atom stereocenters. The van der Waals surface area contributed by atoms with Gasteiger partial charge >= 0.3 is 0 Å². The summed E-state index contributed by atoms with van der Waals surface area (Å²) in [6.45, 7) is 0.483. The molecule has 1 unspecified atom stereocenters. The Morgan fingerprint density at radius 2 is 1.92 bits per heavy atom. The van der Waals surface area contributed by atoms with Crippen LogP contribution in [-0.4, -0.2) is 47.6 Å². The quantitative estimate of drug-likeness (QED) is 0.752. The highest BCUT2D eigenvalue weighted by atomic mass is 32.2. The van der Waals surface area contributed by atoms with Crippen LogP contribution in [0.2, 0.25) is 0 Å². The van der Waals surface area contributed by atoms with E-state index in [-0.39, 0.29) is 18.0 Å². The number of aryl methyl sites for hydroxylation is 1. The zero-order valence-corrected chi connectivity index (χ0v) is 16.1. The lowest BCUT2D eigenvalue weighted by molar-refractivity contribution is -0.121. The average Bonchev–Trinajstić information content (AvgIpc) is 3.18. The number of nitrogens with one attached hydrogen (secondary N) is 1. The predicted molar refractivity (Wildman–Crippen MR) is 95.8 cm³/mol. The Bertz CT molecular complexity index is 710. The van der Waals surface area contributed by atoms with Crippen molar-refractivity contribution in [1.29, 1.82) is 0 Å². The molecule has 1 aromatic heterocycles. The first-order chi connectivity index (χ1) is 12.4. The summed E-state index contributed by atoms with van der Waals surface area (Å²) in [6.07, 6.45) is 10.3. The number of carbonyl (C=O) groups is 1. The van der Waals surface area contributed by atoms with E-state index in [2.05, 4.69) is 15.5 Å². The summed E-state index contributed by atoms with van der Waals surface area (Å²) in [4.78, 5) is 16.5. The minimum atomic E-state index is -3.29. The highest BCUT2D eigenvalue weighted by Gasteiger charge is 2.35. The molecule has 1 aliphatic carbocycles. The molecule has 1 aliphatic heterocycles. The van der Waals surface area contributed by atoms with Gasteiger partial charge in [-0.1, -0.05) is 30.8 Å². The Morgan fingerprint density at radius 1 is 1.19 bits per heavy atom. The van der Waals surface area contributed by atoms with Crippen molar-refractivity contribution < 1.29 is 17.7 Å². The van der Waals surface area contributed by atoms with E-state index in [9.17, 15) is 13.2 Å². The third-order valence-corrected chi connectivity index (χ3v) is 6.49. The molecule has 2 fully saturated rings. The molecule has 2 heterocycles. The molecule has 146 valence electrons. The molecule has 1 amide bonds. The van der Waals surface area contributed by atoms with Crippen LogP contribution < -0.4 is 5.32 Å². The molecular weight excluding hydrogens is 356 g/mol. The van der Waals surface area contributed by atoms with E-state index < -0.39 is 10.0 Å². The van der Waals surface area contributed by atoms with E-state index in [0.717, 1.165) is 19.3 Å². The van der Waals surface area contributed by atoms with Crippen molar-refractivity contribution in [2.24, 2.45) is 0 Å². The van der Waals surface area contributed by atoms with Gasteiger partial charge in [0.15, 0.2) is 5.82 Å². The zero-order chi connectivity index (χ0) is 18.6. The Balaban J connectivity index is 1.51. The molecule has 0 aromatic carbocycles. The van der Waals surface area contributed by atoms with Gasteiger partial charge in [0.1, 0.15) is 0 Å². The molecule has 0 bridgehead atoms. The number of sulfonamides is 1. The van der Waals surface area contributed by atoms with Crippen LogP contribution in [0.1, 0.15) is 75.5 Å². The van der Waals surface area contributed by atoms with Gasteiger partial charge in [0.05, 0.1) is 12.3 Å². The predicted octanol–water partition coefficient (Wildman–Crippen LogP) is 1.94. The molecule has 1 aromatic rings. The van der Waals surface area contributed by atoms with Gasteiger partial charge in [-0.2, -0.15) is 9.29 Å². The van der Waals surface area contributed by atoms with E-state index >= 15 is 0 Å². The van der Waals surface area contributed by atoms with Gasteiger partial charge in [-0.3, -0.25) is 4.79 Å². The van der Waals surface area contributed by atoms with Crippen molar-refractivity contribution >= 4 is 15.9 Å². The minimum absolute atomic E-state index is 0.00952. The van der Waals surface area contributed by atoms with E-state index in [1.807, 2.05) is 0 Å². The third-order valence-electron chi connectivity index (χ3n) is 5.20. The SMILES string of the molecule is CS(=O)(=O)N1CCCC1c1noc(CCC(=O)NC2CCCCCC2)n1. The zero-order valence-electron chi connectivity index (χ0n) is 15.3. The highest BCUT2D eigenvalue weighted by molar-refractivity contribution is 7.88. The number of aromatic nitrogens is 2. The summed E-state index contributed by atoms with van der Waals surface area (Å²) in [5.41, 5.74) is 0. The maximum atomic E-state index is 12.2. The molecule has 1 saturated heterocycles. The summed E-state index contributed by atoms with van der Waals surface area (Å²) < 4.78 is 30.3. The molecule has 3 rings (SSSR count). The Labute approximate surface area is 154 Å². The Morgan fingerprint density at radius 3 is 2.62 bits per heavy atom. The molecule has 26 heavy (non-hydrogen) atoms. The first-order valence-electron chi connectivity index (χ1n) is 9.52. The molecule has 1 saturated carbocycles. The van der Waals surface area contributed by atoms with E-state index in [1.165, 1.54) is 36.2 Å². The number of carbonyl (C=O) groups excluding carboxylic acids is 1. The minimum Gasteiger partial charge on any atom is -0.353 e. The second-order valence-electron chi connectivity index (χ2n) is 7.33. The molecule has 0 spiro atoms. The third kappa shape index (κ3) is 5.03. The summed E-state index contributed by atoms with van der Waals surface area (Å²) in [6, 6.07) is -0.0765. The fraction of sp³-hybridized carbons (Fsp3) is 0.824. The van der Waals surface area contributed by atoms with Gasteiger partial charge < -0.3 is 9.84 Å². The summed E-state index contributed by atoms with van der Waals surface area (Å²) in [5, 5.41) is 7.05. The van der Waals surface area contributed by atoms with Crippen molar-refractivity contribution in [3.63, 3.8) is 0 Å². The molecule has 8 nitrogen and oxygen atoms in total. The molecule has 0 radical (unpaired) electrons. The van der Waals surface area contributed by atoms with Crippen LogP contribution in [0.15, 0.2) is 4.52 Å². The van der Waals surface area contributed by atoms with Gasteiger partial charge in [0, 0.05) is 25.4 Å². The van der Waals surface area contributed by atoms with Crippen LogP contribution in [0, 0.1) is 0 Å². The second kappa shape index (κ2) is 8.47. The number of nitrogens with zero attached hydrogens (tertiary/aromatic N) is 3. The van der Waals surface area contributed by atoms with Crippen LogP contribution in [-0.2, 0) is 21.2 Å². The van der Waals surface area contributed by atoms with Crippen molar-refractivity contribution in [3.05, 3.63) is 11.7 Å². The maximum absolute atomic E-state index is 12.2. The smallest absolute Gasteiger partial charge is 0.227 e. The average molecular weight is 385 g/mol. The van der Waals surface area contributed by atoms with E-state index in [0.29, 0.717) is 37.5 Å². The van der Waals surface area contributed by atoms with Crippen LogP contribution in [0.4, 0.5) is 0 Å². The van der Waals surface area contributed by atoms with Crippen LogP contribution >= 0.6 is 0 Å². The monoisotopic (exact) mass is 384 g/mol. The van der Waals surface area contributed by atoms with E-state index in [4.69, 9.17) is 4.52 Å². The second-order valence-corrected chi connectivity index (χ2v) is 9.27. The summed E-state index contributed by atoms with van der Waals surface area (Å²) in [7, 11) is -3.29. The van der Waals surface area contributed by atoms with Crippen LogP contribution in [0.25, 0.3) is 0 Å². The number of amides is 1. The molecular formula is C17H28N4O4S. The largest absolute Gasteiger partial charge is 0.353 e. The number of hydrogen-bond donors (Lipinski definition) is 1. The lowest BCUT2D eigenvalue weighted by Crippen LogP contribution is -2.34. The Hall–Kier alpha value is -1.48. The van der Waals surface area contributed by atoms with Gasteiger partial charge in [-0.25, -0.2) is 8.42 Å². The normalized spacial score (nSPS) is 23.0. The van der Waals surface area contributed by atoms with Crippen LogP contribution in [0.3, 0.4) is 0 Å². The first-order valence-corrected chi connectivity index (χ1v) is 11.4. The van der Waals surface area contributed by atoms with Crippen molar-refractivity contribution in [2.75, 3.05) is 12.8 Å². The van der Waals surface area contributed by atoms with Gasteiger partial charge in [0.2, 0.25) is 21.8 Å². The maximum Gasteiger partial charge on any atom is 0.227 e. The first kappa shape index (κ1) is 19.3. The van der Waals surface area contributed by atoms with E-state index in [1.54, 1.807) is 0 Å². The standard InChI is InChI=1S/C17H28N4O4S/c1-26(23,24)21-12-6-9-14(21)17-19-16(25-20-17)11-10-15(22)18-13-7-4-2-3-5-8-13/h13-14H,2-12H2,1H3,(H,18,22). The van der Waals surface area contributed by atoms with Gasteiger partial charge in [-0.15, -0.1) is 0 Å². The lowest BCUT2D eigenvalue weighted by atomic mass is 10.1. The molecule has 2 aliphatic rings. The fourth-order valence-corrected chi connectivity index (χ4v) is 4.97.